The molecule has 2 unspecified atom stereocenters. The molecule has 0 aliphatic carbocycles. The third kappa shape index (κ3) is 7.20. The van der Waals surface area contributed by atoms with Crippen LogP contribution in [-0.2, 0) is 14.2 Å². The molecule has 0 N–H and O–H groups in total. The van der Waals surface area contributed by atoms with E-state index in [1.54, 1.807) is 12.0 Å². The van der Waals surface area contributed by atoms with E-state index >= 15 is 0 Å². The summed E-state index contributed by atoms with van der Waals surface area (Å²) in [5.74, 6) is 0.708. The maximum absolute atomic E-state index is 14.3. The number of amidine groups is 1. The number of ether oxygens (including phenoxy) is 3. The minimum absolute atomic E-state index is 0.0304. The van der Waals surface area contributed by atoms with Crippen molar-refractivity contribution in [1.82, 2.24) is 19.6 Å². The van der Waals surface area contributed by atoms with Crippen molar-refractivity contribution in [3.05, 3.63) is 24.0 Å². The maximum atomic E-state index is 14.3. The number of halogens is 1. The molecule has 9 nitrogen and oxygen atoms in total. The first kappa shape index (κ1) is 30.2. The number of allylic oxidation sites excluding steroid dienone is 3. The summed E-state index contributed by atoms with van der Waals surface area (Å²) in [6.07, 6.45) is 7.96. The number of hydrogen-bond acceptors (Lipinski definition) is 7. The lowest BCUT2D eigenvalue weighted by atomic mass is 9.95. The van der Waals surface area contributed by atoms with Gasteiger partial charge < -0.3 is 28.9 Å². The van der Waals surface area contributed by atoms with Crippen LogP contribution in [0.4, 0.5) is 9.18 Å². The Labute approximate surface area is 228 Å². The number of hydrogen-bond donors (Lipinski definition) is 0. The minimum Gasteiger partial charge on any atom is -0.463 e. The topological polar surface area (TPSA) is 70.1 Å². The molecular weight excluding hydrogens is 489 g/mol. The quantitative estimate of drug-likeness (QED) is 0.265. The Morgan fingerprint density at radius 2 is 1.97 bits per heavy atom. The number of likely N-dealkylation sites (N-methyl/N-ethyl adjacent to an activating group) is 1. The SMILES string of the molecule is C/C=C\C=C(\N=C(OC[C@@]12CCCN1C[C@H](F)C2)N(C)C)N(C)C1CCN(C(=O)OC(C)(C)C)C1COC. The standard InChI is InChI=1S/C28H48FN5O4/c1-9-10-12-24(30-25(31(5)6)37-20-28-14-11-15-33(28)18-21(29)17-28)32(7)22-13-16-34(23(22)19-36-8)26(35)38-27(2,3)4/h9-10,12,21-23H,11,13-20H2,1-8H3/b10-9-,24-12-,30-25?/t21-,22?,23?,28+/m1/s1. The summed E-state index contributed by atoms with van der Waals surface area (Å²) in [6, 6.07) is 0.247. The van der Waals surface area contributed by atoms with Crippen LogP contribution in [0, 0.1) is 0 Å². The number of carbonyl (C=O) groups excluding carboxylic acids is 1. The first-order valence-corrected chi connectivity index (χ1v) is 13.7. The molecule has 0 aromatic carbocycles. The highest BCUT2D eigenvalue weighted by Crippen LogP contribution is 2.40. The number of alkyl halides is 1. The fraction of sp³-hybridized carbons (Fsp3) is 0.786. The van der Waals surface area contributed by atoms with Crippen molar-refractivity contribution in [1.29, 1.82) is 0 Å². The summed E-state index contributed by atoms with van der Waals surface area (Å²) in [4.78, 5) is 25.9. The van der Waals surface area contributed by atoms with Crippen molar-refractivity contribution in [2.45, 2.75) is 82.8 Å². The lowest BCUT2D eigenvalue weighted by molar-refractivity contribution is 0.00955. The van der Waals surface area contributed by atoms with E-state index in [0.717, 1.165) is 25.8 Å². The van der Waals surface area contributed by atoms with Crippen LogP contribution in [0.2, 0.25) is 0 Å². The summed E-state index contributed by atoms with van der Waals surface area (Å²) < 4.78 is 31.8. The predicted octanol–water partition coefficient (Wildman–Crippen LogP) is 3.87. The van der Waals surface area contributed by atoms with Crippen molar-refractivity contribution in [2.24, 2.45) is 4.99 Å². The fourth-order valence-electron chi connectivity index (χ4n) is 5.80. The molecule has 0 radical (unpaired) electrons. The molecule has 0 aromatic rings. The first-order chi connectivity index (χ1) is 17.9. The monoisotopic (exact) mass is 537 g/mol. The number of carbonyl (C=O) groups is 1. The van der Waals surface area contributed by atoms with Gasteiger partial charge in [0.05, 0.1) is 24.2 Å². The molecule has 0 saturated carbocycles. The molecule has 10 heteroatoms. The summed E-state index contributed by atoms with van der Waals surface area (Å²) in [6.45, 7) is 10.3. The zero-order chi connectivity index (χ0) is 28.1. The normalized spacial score (nSPS) is 28.8. The summed E-state index contributed by atoms with van der Waals surface area (Å²) in [5, 5.41) is 0. The van der Waals surface area contributed by atoms with Crippen LogP contribution in [0.3, 0.4) is 0 Å². The van der Waals surface area contributed by atoms with Crippen LogP contribution in [-0.4, -0.2) is 122 Å². The van der Waals surface area contributed by atoms with Crippen molar-refractivity contribution >= 4 is 12.1 Å². The van der Waals surface area contributed by atoms with Crippen molar-refractivity contribution < 1.29 is 23.4 Å². The Morgan fingerprint density at radius 1 is 1.24 bits per heavy atom. The highest BCUT2D eigenvalue weighted by atomic mass is 19.1. The van der Waals surface area contributed by atoms with E-state index in [2.05, 4.69) is 9.80 Å². The fourth-order valence-corrected chi connectivity index (χ4v) is 5.80. The van der Waals surface area contributed by atoms with Crippen LogP contribution in [0.25, 0.3) is 0 Å². The molecule has 0 aromatic heterocycles. The van der Waals surface area contributed by atoms with E-state index in [1.165, 1.54) is 0 Å². The van der Waals surface area contributed by atoms with E-state index in [1.807, 2.05) is 72.0 Å². The third-order valence-corrected chi connectivity index (χ3v) is 7.60. The molecule has 3 fully saturated rings. The molecular formula is C28H48FN5O4. The van der Waals surface area contributed by atoms with E-state index in [4.69, 9.17) is 19.2 Å². The van der Waals surface area contributed by atoms with Gasteiger partial charge in [-0.15, -0.1) is 0 Å². The Morgan fingerprint density at radius 3 is 2.61 bits per heavy atom. The van der Waals surface area contributed by atoms with Gasteiger partial charge in [-0.25, -0.2) is 9.18 Å². The predicted molar refractivity (Wildman–Crippen MR) is 148 cm³/mol. The average molecular weight is 538 g/mol. The Bertz CT molecular complexity index is 902. The van der Waals surface area contributed by atoms with Gasteiger partial charge in [0.15, 0.2) is 0 Å². The second-order valence-corrected chi connectivity index (χ2v) is 11.9. The van der Waals surface area contributed by atoms with Gasteiger partial charge in [-0.3, -0.25) is 4.90 Å². The Kier molecular flexibility index (Phi) is 10.1. The smallest absolute Gasteiger partial charge is 0.410 e. The highest BCUT2D eigenvalue weighted by Gasteiger charge is 2.49. The van der Waals surface area contributed by atoms with Crippen LogP contribution in [0.1, 0.15) is 53.4 Å². The number of aliphatic imine (C=N–C) groups is 1. The molecule has 38 heavy (non-hydrogen) atoms. The molecule has 1 amide bonds. The number of nitrogens with zero attached hydrogens (tertiary/aromatic N) is 5. The summed E-state index contributed by atoms with van der Waals surface area (Å²) >= 11 is 0. The number of rotatable bonds is 8. The van der Waals surface area contributed by atoms with Gasteiger partial charge in [0.1, 0.15) is 24.2 Å². The summed E-state index contributed by atoms with van der Waals surface area (Å²) in [7, 11) is 7.43. The number of fused-ring (bicyclic) bond motifs is 1. The van der Waals surface area contributed by atoms with E-state index < -0.39 is 11.8 Å². The van der Waals surface area contributed by atoms with Crippen LogP contribution >= 0.6 is 0 Å². The lowest BCUT2D eigenvalue weighted by Crippen LogP contribution is -2.49. The number of methoxy groups -OCH3 is 1. The molecule has 4 atom stereocenters. The van der Waals surface area contributed by atoms with Gasteiger partial charge >= 0.3 is 6.09 Å². The summed E-state index contributed by atoms with van der Waals surface area (Å²) in [5.41, 5.74) is -0.827. The largest absolute Gasteiger partial charge is 0.463 e. The van der Waals surface area contributed by atoms with Crippen LogP contribution in [0.15, 0.2) is 29.0 Å². The van der Waals surface area contributed by atoms with Gasteiger partial charge in [-0.1, -0.05) is 12.2 Å². The van der Waals surface area contributed by atoms with E-state index in [0.29, 0.717) is 44.6 Å². The number of likely N-dealkylation sites (tertiary alicyclic amines) is 1. The number of amides is 1. The highest BCUT2D eigenvalue weighted by molar-refractivity contribution is 5.74. The lowest BCUT2D eigenvalue weighted by Gasteiger charge is -2.35. The zero-order valence-electron chi connectivity index (χ0n) is 24.6. The molecule has 0 spiro atoms. The minimum atomic E-state index is -0.803. The molecule has 216 valence electrons. The van der Waals surface area contributed by atoms with E-state index in [-0.39, 0.29) is 23.7 Å². The molecule has 3 saturated heterocycles. The van der Waals surface area contributed by atoms with Crippen molar-refractivity contribution in [3.8, 4) is 0 Å². The van der Waals surface area contributed by atoms with Gasteiger partial charge in [0.25, 0.3) is 6.02 Å². The zero-order valence-corrected chi connectivity index (χ0v) is 24.6. The Balaban J connectivity index is 1.82. The molecule has 3 heterocycles. The second kappa shape index (κ2) is 12.7. The van der Waals surface area contributed by atoms with Gasteiger partial charge in [-0.2, -0.15) is 4.99 Å². The van der Waals surface area contributed by atoms with Gasteiger partial charge in [-0.05, 0) is 59.6 Å². The van der Waals surface area contributed by atoms with Gasteiger partial charge in [0.2, 0.25) is 0 Å². The van der Waals surface area contributed by atoms with Crippen molar-refractivity contribution in [2.75, 3.05) is 61.1 Å². The third-order valence-electron chi connectivity index (χ3n) is 7.60. The molecule has 0 bridgehead atoms. The second-order valence-electron chi connectivity index (χ2n) is 11.9. The molecule has 3 aliphatic rings. The van der Waals surface area contributed by atoms with Crippen molar-refractivity contribution in [3.63, 3.8) is 0 Å². The van der Waals surface area contributed by atoms with Gasteiger partial charge in [0, 0.05) is 47.8 Å². The van der Waals surface area contributed by atoms with Crippen LogP contribution < -0.4 is 0 Å². The first-order valence-electron chi connectivity index (χ1n) is 13.7. The van der Waals surface area contributed by atoms with Crippen LogP contribution in [0.5, 0.6) is 0 Å². The Hall–Kier alpha value is -2.33. The molecule has 3 aliphatic heterocycles. The molecule has 3 rings (SSSR count). The average Bonchev–Trinajstić information content (AvgIpc) is 3.49. The van der Waals surface area contributed by atoms with E-state index in [9.17, 15) is 9.18 Å². The maximum Gasteiger partial charge on any atom is 0.410 e.